The van der Waals surface area contributed by atoms with E-state index in [9.17, 15) is 9.90 Å². The maximum atomic E-state index is 12.1. The molecule has 0 radical (unpaired) electrons. The fraction of sp³-hybridized carbons (Fsp3) is 0.560. The quantitative estimate of drug-likeness (QED) is 0.332. The van der Waals surface area contributed by atoms with Crippen molar-refractivity contribution in [3.05, 3.63) is 47.1 Å². The summed E-state index contributed by atoms with van der Waals surface area (Å²) in [4.78, 5) is 12.1. The lowest BCUT2D eigenvalue weighted by molar-refractivity contribution is -0.159. The maximum absolute atomic E-state index is 12.1. The predicted octanol–water partition coefficient (Wildman–Crippen LogP) is 6.29. The van der Waals surface area contributed by atoms with E-state index in [1.54, 1.807) is 0 Å². The number of allylic oxidation sites excluding steroid dienone is 3. The van der Waals surface area contributed by atoms with Crippen LogP contribution >= 0.6 is 0 Å². The molecule has 0 aromatic heterocycles. The zero-order valence-corrected chi connectivity index (χ0v) is 18.8. The SMILES string of the molecule is C=C(C)[C@@H]1CCC(C)=C[C@H]1c1c(O)cc(CCC)cc1OCOC(=O)C(C)(C)C. The Hall–Kier alpha value is -2.23. The second-order valence-electron chi connectivity index (χ2n) is 9.25. The summed E-state index contributed by atoms with van der Waals surface area (Å²) in [5.41, 5.74) is 3.57. The van der Waals surface area contributed by atoms with Gasteiger partial charge in [-0.05, 0) is 77.5 Å². The zero-order chi connectivity index (χ0) is 21.8. The van der Waals surface area contributed by atoms with Crippen LogP contribution < -0.4 is 4.74 Å². The summed E-state index contributed by atoms with van der Waals surface area (Å²) in [5, 5.41) is 10.9. The fourth-order valence-electron chi connectivity index (χ4n) is 3.82. The van der Waals surface area contributed by atoms with Crippen molar-refractivity contribution in [3.63, 3.8) is 0 Å². The monoisotopic (exact) mass is 400 g/mol. The first-order valence-corrected chi connectivity index (χ1v) is 10.5. The highest BCUT2D eigenvalue weighted by atomic mass is 16.7. The van der Waals surface area contributed by atoms with Crippen molar-refractivity contribution < 1.29 is 19.4 Å². The van der Waals surface area contributed by atoms with Crippen molar-refractivity contribution in [2.45, 2.75) is 73.1 Å². The van der Waals surface area contributed by atoms with E-state index in [1.807, 2.05) is 39.8 Å². The van der Waals surface area contributed by atoms with Crippen molar-refractivity contribution in [2.75, 3.05) is 6.79 Å². The third-order valence-corrected chi connectivity index (χ3v) is 5.45. The molecule has 0 spiro atoms. The summed E-state index contributed by atoms with van der Waals surface area (Å²) < 4.78 is 11.2. The van der Waals surface area contributed by atoms with Gasteiger partial charge in [-0.1, -0.05) is 37.1 Å². The standard InChI is InChI=1S/C25H36O4/c1-8-9-18-13-21(26)23(20-12-17(4)10-11-19(20)16(2)3)22(14-18)28-15-29-24(27)25(5,6)7/h12-14,19-20,26H,2,8-11,15H2,1,3-7H3/t19-,20+/m0/s1. The molecule has 0 unspecified atom stereocenters. The van der Waals surface area contributed by atoms with Crippen molar-refractivity contribution >= 4 is 5.97 Å². The average Bonchev–Trinajstić information content (AvgIpc) is 2.60. The van der Waals surface area contributed by atoms with Gasteiger partial charge in [0, 0.05) is 11.5 Å². The summed E-state index contributed by atoms with van der Waals surface area (Å²) in [5.74, 6) is 0.722. The summed E-state index contributed by atoms with van der Waals surface area (Å²) in [6.45, 7) is 15.7. The minimum atomic E-state index is -0.591. The molecule has 1 aromatic rings. The van der Waals surface area contributed by atoms with Gasteiger partial charge in [-0.15, -0.1) is 0 Å². The van der Waals surface area contributed by atoms with Gasteiger partial charge in [0.1, 0.15) is 11.5 Å². The van der Waals surface area contributed by atoms with Crippen molar-refractivity contribution in [1.29, 1.82) is 0 Å². The number of aromatic hydroxyl groups is 1. The smallest absolute Gasteiger partial charge is 0.314 e. The van der Waals surface area contributed by atoms with Gasteiger partial charge in [-0.2, -0.15) is 0 Å². The lowest BCUT2D eigenvalue weighted by Crippen LogP contribution is -2.25. The maximum Gasteiger partial charge on any atom is 0.314 e. The lowest BCUT2D eigenvalue weighted by atomic mass is 9.73. The van der Waals surface area contributed by atoms with Gasteiger partial charge in [-0.3, -0.25) is 4.79 Å². The molecule has 0 fully saturated rings. The zero-order valence-electron chi connectivity index (χ0n) is 18.8. The Morgan fingerprint density at radius 1 is 1.31 bits per heavy atom. The average molecular weight is 401 g/mol. The molecule has 1 aliphatic rings. The molecule has 1 aromatic carbocycles. The number of phenolic OH excluding ortho intramolecular Hbond substituents is 1. The van der Waals surface area contributed by atoms with Crippen LogP contribution in [-0.4, -0.2) is 17.9 Å². The van der Waals surface area contributed by atoms with Crippen molar-refractivity contribution in [3.8, 4) is 11.5 Å². The highest BCUT2D eigenvalue weighted by Gasteiger charge is 2.31. The summed E-state index contributed by atoms with van der Waals surface area (Å²) in [6, 6.07) is 3.80. The number of hydrogen-bond acceptors (Lipinski definition) is 4. The molecule has 0 heterocycles. The van der Waals surface area contributed by atoms with Gasteiger partial charge >= 0.3 is 5.97 Å². The Morgan fingerprint density at radius 2 is 2.00 bits per heavy atom. The number of rotatable bonds is 7. The second kappa shape index (κ2) is 9.51. The van der Waals surface area contributed by atoms with Gasteiger partial charge in [0.25, 0.3) is 0 Å². The van der Waals surface area contributed by atoms with Crippen LogP contribution in [0.15, 0.2) is 35.9 Å². The fourth-order valence-corrected chi connectivity index (χ4v) is 3.82. The van der Waals surface area contributed by atoms with E-state index in [-0.39, 0.29) is 30.3 Å². The number of phenols is 1. The number of esters is 1. The number of carbonyl (C=O) groups is 1. The van der Waals surface area contributed by atoms with E-state index in [2.05, 4.69) is 26.5 Å². The van der Waals surface area contributed by atoms with E-state index in [4.69, 9.17) is 9.47 Å². The van der Waals surface area contributed by atoms with Crippen LogP contribution in [0.25, 0.3) is 0 Å². The molecule has 29 heavy (non-hydrogen) atoms. The van der Waals surface area contributed by atoms with Gasteiger partial charge < -0.3 is 14.6 Å². The van der Waals surface area contributed by atoms with Gasteiger partial charge in [0.2, 0.25) is 6.79 Å². The summed E-state index contributed by atoms with van der Waals surface area (Å²) in [7, 11) is 0. The molecule has 160 valence electrons. The van der Waals surface area contributed by atoms with E-state index in [0.717, 1.165) is 42.4 Å². The molecule has 2 rings (SSSR count). The first-order chi connectivity index (χ1) is 13.5. The largest absolute Gasteiger partial charge is 0.507 e. The predicted molar refractivity (Wildman–Crippen MR) is 117 cm³/mol. The van der Waals surface area contributed by atoms with Gasteiger partial charge in [-0.25, -0.2) is 0 Å². The molecule has 0 saturated carbocycles. The number of carbonyl (C=O) groups excluding carboxylic acids is 1. The Morgan fingerprint density at radius 3 is 2.59 bits per heavy atom. The molecule has 0 bridgehead atoms. The molecule has 2 atom stereocenters. The first kappa shape index (κ1) is 23.1. The van der Waals surface area contributed by atoms with Crippen LogP contribution in [0.4, 0.5) is 0 Å². The molecule has 0 aliphatic heterocycles. The molecule has 0 saturated heterocycles. The second-order valence-corrected chi connectivity index (χ2v) is 9.25. The van der Waals surface area contributed by atoms with Gasteiger partial charge in [0.15, 0.2) is 0 Å². The van der Waals surface area contributed by atoms with Crippen molar-refractivity contribution in [2.24, 2.45) is 11.3 Å². The highest BCUT2D eigenvalue weighted by molar-refractivity contribution is 5.75. The van der Waals surface area contributed by atoms with Crippen LogP contribution in [0.1, 0.15) is 77.8 Å². The van der Waals surface area contributed by atoms with Crippen LogP contribution in [0, 0.1) is 11.3 Å². The summed E-state index contributed by atoms with van der Waals surface area (Å²) in [6.07, 6.45) is 6.05. The first-order valence-electron chi connectivity index (χ1n) is 10.5. The van der Waals surface area contributed by atoms with Crippen molar-refractivity contribution in [1.82, 2.24) is 0 Å². The van der Waals surface area contributed by atoms with Crippen LogP contribution in [-0.2, 0) is 16.0 Å². The third kappa shape index (κ3) is 5.88. The molecule has 0 amide bonds. The minimum absolute atomic E-state index is 0.00903. The Bertz CT molecular complexity index is 783. The molecule has 1 aliphatic carbocycles. The lowest BCUT2D eigenvalue weighted by Gasteiger charge is -2.32. The summed E-state index contributed by atoms with van der Waals surface area (Å²) >= 11 is 0. The normalized spacial score (nSPS) is 19.4. The van der Waals surface area contributed by atoms with Gasteiger partial charge in [0.05, 0.1) is 5.41 Å². The molecular formula is C25H36O4. The molecular weight excluding hydrogens is 364 g/mol. The minimum Gasteiger partial charge on any atom is -0.507 e. The third-order valence-electron chi connectivity index (χ3n) is 5.45. The Labute approximate surface area is 175 Å². The Kier molecular flexibility index (Phi) is 7.56. The van der Waals surface area contributed by atoms with Crippen LogP contribution in [0.3, 0.4) is 0 Å². The number of hydrogen-bond donors (Lipinski definition) is 1. The molecule has 1 N–H and O–H groups in total. The number of benzene rings is 1. The van der Waals surface area contributed by atoms with E-state index in [1.165, 1.54) is 5.57 Å². The van der Waals surface area contributed by atoms with E-state index < -0.39 is 5.41 Å². The van der Waals surface area contributed by atoms with E-state index >= 15 is 0 Å². The Balaban J connectivity index is 2.40. The number of ether oxygens (including phenoxy) is 2. The van der Waals surface area contributed by atoms with Crippen LogP contribution in [0.5, 0.6) is 11.5 Å². The molecule has 4 heteroatoms. The van der Waals surface area contributed by atoms with Crippen LogP contribution in [0.2, 0.25) is 0 Å². The molecule has 4 nitrogen and oxygen atoms in total. The topological polar surface area (TPSA) is 55.8 Å². The number of aryl methyl sites for hydroxylation is 1. The van der Waals surface area contributed by atoms with E-state index in [0.29, 0.717) is 5.75 Å². The highest BCUT2D eigenvalue weighted by Crippen LogP contribution is 2.47.